The second kappa shape index (κ2) is 16.1. The van der Waals surface area contributed by atoms with Crippen LogP contribution >= 0.6 is 0 Å². The van der Waals surface area contributed by atoms with Gasteiger partial charge in [-0.2, -0.15) is 0 Å². The molecule has 3 atom stereocenters. The number of rotatable bonds is 10. The van der Waals surface area contributed by atoms with E-state index in [0.29, 0.717) is 31.9 Å². The SMILES string of the molecule is COC(=O)N[C@H](C(=O)N1CCC[C@H]1c1ncc(-c2ccc(-c3ccc(-c4cnc(CN5CCC[C@@H](NC(=O)OC(C)(C)C)C5=O)[nH]4)cc3)cc2)[nH]1)C(C)C. The molecule has 0 radical (unpaired) electrons. The van der Waals surface area contributed by atoms with Crippen molar-refractivity contribution in [2.75, 3.05) is 20.2 Å². The van der Waals surface area contributed by atoms with Crippen LogP contribution in [0.5, 0.6) is 0 Å². The van der Waals surface area contributed by atoms with E-state index in [1.165, 1.54) is 7.11 Å². The number of hydrogen-bond acceptors (Lipinski definition) is 8. The van der Waals surface area contributed by atoms with Crippen LogP contribution in [0.25, 0.3) is 33.6 Å². The first-order chi connectivity index (χ1) is 25.8. The van der Waals surface area contributed by atoms with Gasteiger partial charge in [0.2, 0.25) is 11.8 Å². The first kappa shape index (κ1) is 38.1. The molecule has 0 unspecified atom stereocenters. The summed E-state index contributed by atoms with van der Waals surface area (Å²) < 4.78 is 10.1. The number of carbonyl (C=O) groups is 4. The van der Waals surface area contributed by atoms with Crippen LogP contribution in [0.3, 0.4) is 0 Å². The predicted octanol–water partition coefficient (Wildman–Crippen LogP) is 6.19. The second-order valence-corrected chi connectivity index (χ2v) is 15.2. The molecule has 6 rings (SSSR count). The number of amides is 4. The number of methoxy groups -OCH3 is 1. The van der Waals surface area contributed by atoms with E-state index in [2.05, 4.69) is 54.8 Å². The molecule has 4 N–H and O–H groups in total. The molecule has 4 aromatic rings. The fourth-order valence-electron chi connectivity index (χ4n) is 6.98. The molecule has 2 aliphatic heterocycles. The number of ether oxygens (including phenoxy) is 2. The van der Waals surface area contributed by atoms with Crippen molar-refractivity contribution in [1.29, 1.82) is 0 Å². The van der Waals surface area contributed by atoms with Gasteiger partial charge in [0.25, 0.3) is 0 Å². The maximum absolute atomic E-state index is 13.5. The van der Waals surface area contributed by atoms with Crippen LogP contribution in [-0.2, 0) is 25.6 Å². The van der Waals surface area contributed by atoms with Crippen molar-refractivity contribution < 1.29 is 28.7 Å². The van der Waals surface area contributed by atoms with Crippen LogP contribution in [0.2, 0.25) is 0 Å². The van der Waals surface area contributed by atoms with E-state index in [4.69, 9.17) is 9.47 Å². The number of benzene rings is 2. The van der Waals surface area contributed by atoms with Crippen molar-refractivity contribution in [3.8, 4) is 33.6 Å². The monoisotopic (exact) mass is 738 g/mol. The van der Waals surface area contributed by atoms with Crippen molar-refractivity contribution in [2.24, 2.45) is 5.92 Å². The van der Waals surface area contributed by atoms with E-state index < -0.39 is 29.9 Å². The first-order valence-electron chi connectivity index (χ1n) is 18.5. The molecule has 2 aromatic heterocycles. The van der Waals surface area contributed by atoms with E-state index in [1.54, 1.807) is 43.0 Å². The van der Waals surface area contributed by atoms with Crippen molar-refractivity contribution in [1.82, 2.24) is 40.4 Å². The average Bonchev–Trinajstić information content (AvgIpc) is 3.93. The number of nitrogens with one attached hydrogen (secondary N) is 4. The number of nitrogens with zero attached hydrogens (tertiary/aromatic N) is 4. The molecule has 54 heavy (non-hydrogen) atoms. The summed E-state index contributed by atoms with van der Waals surface area (Å²) in [6.07, 6.45) is 5.32. The predicted molar refractivity (Wildman–Crippen MR) is 203 cm³/mol. The molecule has 14 nitrogen and oxygen atoms in total. The molecule has 2 fully saturated rings. The van der Waals surface area contributed by atoms with Gasteiger partial charge in [-0.15, -0.1) is 0 Å². The summed E-state index contributed by atoms with van der Waals surface area (Å²) in [6, 6.07) is 14.9. The zero-order valence-electron chi connectivity index (χ0n) is 31.8. The molecule has 2 aliphatic rings. The number of carbonyl (C=O) groups excluding carboxylic acids is 4. The van der Waals surface area contributed by atoms with Gasteiger partial charge in [-0.25, -0.2) is 19.6 Å². The van der Waals surface area contributed by atoms with Crippen molar-refractivity contribution >= 4 is 24.0 Å². The lowest BCUT2D eigenvalue weighted by Gasteiger charge is -2.32. The zero-order valence-corrected chi connectivity index (χ0v) is 31.8. The molecule has 0 bridgehead atoms. The molecule has 0 aliphatic carbocycles. The number of hydrogen-bond donors (Lipinski definition) is 4. The Morgan fingerprint density at radius 3 is 2.06 bits per heavy atom. The van der Waals surface area contributed by atoms with Crippen LogP contribution in [0, 0.1) is 5.92 Å². The molecular formula is C40H50N8O6. The smallest absolute Gasteiger partial charge is 0.408 e. The number of piperidine rings is 1. The Balaban J connectivity index is 1.06. The highest BCUT2D eigenvalue weighted by Gasteiger charge is 2.37. The van der Waals surface area contributed by atoms with Crippen LogP contribution in [0.15, 0.2) is 60.9 Å². The van der Waals surface area contributed by atoms with Gasteiger partial charge in [0.15, 0.2) is 0 Å². The Morgan fingerprint density at radius 2 is 1.44 bits per heavy atom. The Labute approximate surface area is 315 Å². The van der Waals surface area contributed by atoms with E-state index in [9.17, 15) is 19.2 Å². The van der Waals surface area contributed by atoms with Gasteiger partial charge in [0.1, 0.15) is 29.3 Å². The first-order valence-corrected chi connectivity index (χ1v) is 18.5. The van der Waals surface area contributed by atoms with Gasteiger partial charge < -0.3 is 39.9 Å². The quantitative estimate of drug-likeness (QED) is 0.149. The van der Waals surface area contributed by atoms with Crippen molar-refractivity contribution in [2.45, 2.75) is 90.6 Å². The van der Waals surface area contributed by atoms with E-state index in [-0.39, 0.29) is 23.8 Å². The van der Waals surface area contributed by atoms with Crippen LogP contribution in [0.1, 0.15) is 78.0 Å². The highest BCUT2D eigenvalue weighted by molar-refractivity contribution is 5.87. The normalized spacial score (nSPS) is 18.1. The van der Waals surface area contributed by atoms with Gasteiger partial charge >= 0.3 is 12.2 Å². The summed E-state index contributed by atoms with van der Waals surface area (Å²) in [6.45, 7) is 10.7. The second-order valence-electron chi connectivity index (χ2n) is 15.2. The third-order valence-electron chi connectivity index (χ3n) is 9.75. The number of imidazole rings is 2. The molecule has 4 heterocycles. The average molecular weight is 739 g/mol. The highest BCUT2D eigenvalue weighted by atomic mass is 16.6. The number of likely N-dealkylation sites (tertiary alicyclic amines) is 2. The lowest BCUT2D eigenvalue weighted by atomic mass is 10.0. The number of H-pyrrole nitrogens is 2. The Hall–Kier alpha value is -5.66. The minimum absolute atomic E-state index is 0.104. The Kier molecular flexibility index (Phi) is 11.4. The van der Waals surface area contributed by atoms with Crippen molar-refractivity contribution in [3.63, 3.8) is 0 Å². The molecular weight excluding hydrogens is 688 g/mol. The fourth-order valence-corrected chi connectivity index (χ4v) is 6.98. The summed E-state index contributed by atoms with van der Waals surface area (Å²) in [5.74, 6) is 0.998. The van der Waals surface area contributed by atoms with Crippen molar-refractivity contribution in [3.05, 3.63) is 72.6 Å². The topological polar surface area (TPSA) is 175 Å². The minimum atomic E-state index is -0.687. The third kappa shape index (κ3) is 8.92. The fraction of sp³-hybridized carbons (Fsp3) is 0.450. The molecule has 4 amide bonds. The van der Waals surface area contributed by atoms with E-state index in [0.717, 1.165) is 58.7 Å². The molecule has 286 valence electrons. The number of aromatic nitrogens is 4. The van der Waals surface area contributed by atoms with Crippen LogP contribution < -0.4 is 10.6 Å². The molecule has 0 spiro atoms. The van der Waals surface area contributed by atoms with Gasteiger partial charge in [-0.05, 0) is 74.6 Å². The summed E-state index contributed by atoms with van der Waals surface area (Å²) in [5.41, 5.74) is 5.11. The summed E-state index contributed by atoms with van der Waals surface area (Å²) >= 11 is 0. The molecule has 2 aromatic carbocycles. The van der Waals surface area contributed by atoms with Gasteiger partial charge in [0.05, 0.1) is 43.5 Å². The van der Waals surface area contributed by atoms with Gasteiger partial charge in [0, 0.05) is 13.1 Å². The largest absolute Gasteiger partial charge is 0.453 e. The lowest BCUT2D eigenvalue weighted by molar-refractivity contribution is -0.137. The van der Waals surface area contributed by atoms with Crippen LogP contribution in [-0.4, -0.2) is 91.6 Å². The highest BCUT2D eigenvalue weighted by Crippen LogP contribution is 2.33. The number of aromatic amines is 2. The number of alkyl carbamates (subject to hydrolysis) is 2. The van der Waals surface area contributed by atoms with Gasteiger partial charge in [-0.3, -0.25) is 9.59 Å². The van der Waals surface area contributed by atoms with Gasteiger partial charge in [-0.1, -0.05) is 62.4 Å². The zero-order chi connectivity index (χ0) is 38.6. The summed E-state index contributed by atoms with van der Waals surface area (Å²) in [7, 11) is 1.29. The third-order valence-corrected chi connectivity index (χ3v) is 9.75. The van der Waals surface area contributed by atoms with Crippen LogP contribution in [0.4, 0.5) is 9.59 Å². The standard InChI is InChI=1S/C40H50N8O6/c1-24(2)34(46-38(51)53-6)37(50)48-20-8-10-32(48)35-42-22-31(44-35)28-17-13-26(14-18-28)25-11-15-27(16-12-25)30-21-41-33(43-30)23-47-19-7-9-29(36(47)49)45-39(52)54-40(3,4)5/h11-18,21-22,24,29,32,34H,7-10,19-20,23H2,1-6H3,(H,41,43)(H,42,44)(H,45,52)(H,46,51)/t29-,32+,34+/m1/s1. The molecule has 0 saturated carbocycles. The maximum atomic E-state index is 13.5. The van der Waals surface area contributed by atoms with E-state index >= 15 is 0 Å². The maximum Gasteiger partial charge on any atom is 0.408 e. The Morgan fingerprint density at radius 1 is 0.852 bits per heavy atom. The molecule has 2 saturated heterocycles. The Bertz CT molecular complexity index is 1950. The molecule has 14 heteroatoms. The van der Waals surface area contributed by atoms with E-state index in [1.807, 2.05) is 38.1 Å². The minimum Gasteiger partial charge on any atom is -0.453 e. The lowest BCUT2D eigenvalue weighted by Crippen LogP contribution is -2.52. The summed E-state index contributed by atoms with van der Waals surface area (Å²) in [5, 5.41) is 5.41. The summed E-state index contributed by atoms with van der Waals surface area (Å²) in [4.78, 5) is 70.3.